The Kier molecular flexibility index (Phi) is 1.73. The number of rotatable bonds is 0. The molecule has 1 fully saturated rings. The van der Waals surface area contributed by atoms with Crippen LogP contribution in [0, 0.1) is 0 Å². The molecule has 0 saturated carbocycles. The first kappa shape index (κ1) is 7.60. The van der Waals surface area contributed by atoms with Gasteiger partial charge in [-0.25, -0.2) is 0 Å². The standard InChI is InChI=1S/C6H11BO3/c1-6(2,3)7-9-4-5(8)10-7/h4H2,1-3H3. The second-order valence-electron chi connectivity index (χ2n) is 3.50. The third-order valence-corrected chi connectivity index (χ3v) is 1.30. The van der Waals surface area contributed by atoms with Crippen molar-refractivity contribution in [2.45, 2.75) is 26.1 Å². The van der Waals surface area contributed by atoms with Gasteiger partial charge in [-0.2, -0.15) is 0 Å². The third-order valence-electron chi connectivity index (χ3n) is 1.30. The fourth-order valence-electron chi connectivity index (χ4n) is 0.758. The van der Waals surface area contributed by atoms with E-state index in [4.69, 9.17) is 9.31 Å². The minimum Gasteiger partial charge on any atom is -0.507 e. The van der Waals surface area contributed by atoms with Crippen molar-refractivity contribution in [1.82, 2.24) is 0 Å². The molecule has 0 N–H and O–H groups in total. The van der Waals surface area contributed by atoms with E-state index in [2.05, 4.69) is 0 Å². The van der Waals surface area contributed by atoms with Crippen LogP contribution in [-0.2, 0) is 14.1 Å². The molecule has 3 nitrogen and oxygen atoms in total. The van der Waals surface area contributed by atoms with Crippen LogP contribution in [0.1, 0.15) is 20.8 Å². The molecule has 0 aromatic heterocycles. The van der Waals surface area contributed by atoms with E-state index in [1.165, 1.54) is 0 Å². The van der Waals surface area contributed by atoms with E-state index in [9.17, 15) is 4.79 Å². The first-order valence-corrected chi connectivity index (χ1v) is 3.31. The van der Waals surface area contributed by atoms with E-state index < -0.39 is 0 Å². The van der Waals surface area contributed by atoms with Crippen molar-refractivity contribution in [3.05, 3.63) is 0 Å². The Morgan fingerprint density at radius 3 is 2.30 bits per heavy atom. The van der Waals surface area contributed by atoms with E-state index in [0.29, 0.717) is 0 Å². The number of hydrogen-bond acceptors (Lipinski definition) is 3. The Morgan fingerprint density at radius 1 is 1.50 bits per heavy atom. The normalized spacial score (nSPS) is 19.5. The summed E-state index contributed by atoms with van der Waals surface area (Å²) >= 11 is 0. The minimum atomic E-state index is -0.361. The summed E-state index contributed by atoms with van der Waals surface area (Å²) in [5, 5.41) is -0.105. The van der Waals surface area contributed by atoms with Crippen LogP contribution in [0.25, 0.3) is 0 Å². The van der Waals surface area contributed by atoms with E-state index in [1.54, 1.807) is 0 Å². The first-order valence-electron chi connectivity index (χ1n) is 3.31. The molecule has 0 bridgehead atoms. The molecule has 0 atom stereocenters. The quantitative estimate of drug-likeness (QED) is 0.470. The topological polar surface area (TPSA) is 35.5 Å². The summed E-state index contributed by atoms with van der Waals surface area (Å²) in [6.45, 7) is 6.00. The van der Waals surface area contributed by atoms with Gasteiger partial charge < -0.3 is 9.31 Å². The van der Waals surface area contributed by atoms with Crippen LogP contribution in [0.4, 0.5) is 0 Å². The van der Waals surface area contributed by atoms with Crippen molar-refractivity contribution in [3.63, 3.8) is 0 Å². The van der Waals surface area contributed by atoms with Gasteiger partial charge in [0.2, 0.25) is 0 Å². The van der Waals surface area contributed by atoms with Crippen LogP contribution >= 0.6 is 0 Å². The molecule has 4 heteroatoms. The van der Waals surface area contributed by atoms with Crippen molar-refractivity contribution < 1.29 is 14.1 Å². The summed E-state index contributed by atoms with van der Waals surface area (Å²) in [6, 6.07) is 0. The lowest BCUT2D eigenvalue weighted by Gasteiger charge is -2.18. The predicted molar refractivity (Wildman–Crippen MR) is 37.5 cm³/mol. The largest absolute Gasteiger partial charge is 0.533 e. The van der Waals surface area contributed by atoms with Gasteiger partial charge in [-0.3, -0.25) is 4.79 Å². The zero-order valence-corrected chi connectivity index (χ0v) is 6.51. The average molecular weight is 142 g/mol. The molecule has 0 aliphatic carbocycles. The molecule has 56 valence electrons. The lowest BCUT2D eigenvalue weighted by molar-refractivity contribution is -0.132. The molecule has 0 spiro atoms. The van der Waals surface area contributed by atoms with E-state index in [1.807, 2.05) is 20.8 Å². The molecule has 0 unspecified atom stereocenters. The highest BCUT2D eigenvalue weighted by molar-refractivity contribution is 6.52. The van der Waals surface area contributed by atoms with Crippen LogP contribution in [0.2, 0.25) is 5.31 Å². The molecule has 1 saturated heterocycles. The van der Waals surface area contributed by atoms with Crippen LogP contribution in [0.3, 0.4) is 0 Å². The summed E-state index contributed by atoms with van der Waals surface area (Å²) in [5.74, 6) is -0.264. The van der Waals surface area contributed by atoms with Crippen LogP contribution in [0.15, 0.2) is 0 Å². The summed E-state index contributed by atoms with van der Waals surface area (Å²) in [5.41, 5.74) is 0. The Balaban J connectivity index is 2.53. The van der Waals surface area contributed by atoms with Gasteiger partial charge in [0.05, 0.1) is 0 Å². The predicted octanol–water partition coefficient (Wildman–Crippen LogP) is 0.848. The smallest absolute Gasteiger partial charge is 0.507 e. The SMILES string of the molecule is CC(C)(C)B1OCC(=O)O1. The number of hydrogen-bond donors (Lipinski definition) is 0. The Morgan fingerprint density at radius 2 is 2.10 bits per heavy atom. The summed E-state index contributed by atoms with van der Waals surface area (Å²) in [7, 11) is -0.361. The van der Waals surface area contributed by atoms with Crippen molar-refractivity contribution in [3.8, 4) is 0 Å². The zero-order valence-electron chi connectivity index (χ0n) is 6.51. The van der Waals surface area contributed by atoms with Gasteiger partial charge in [-0.05, 0) is 0 Å². The van der Waals surface area contributed by atoms with Crippen molar-refractivity contribution >= 4 is 13.1 Å². The van der Waals surface area contributed by atoms with E-state index >= 15 is 0 Å². The number of carbonyl (C=O) groups excluding carboxylic acids is 1. The highest BCUT2D eigenvalue weighted by atomic mass is 16.7. The number of carbonyl (C=O) groups is 1. The summed E-state index contributed by atoms with van der Waals surface area (Å²) in [6.07, 6.45) is 0. The van der Waals surface area contributed by atoms with Gasteiger partial charge in [0.15, 0.2) is 0 Å². The molecule has 1 aliphatic heterocycles. The fourth-order valence-corrected chi connectivity index (χ4v) is 0.758. The molecule has 0 radical (unpaired) electrons. The first-order chi connectivity index (χ1) is 4.50. The van der Waals surface area contributed by atoms with Gasteiger partial charge in [-0.15, -0.1) is 0 Å². The molecule has 0 amide bonds. The second kappa shape index (κ2) is 2.27. The Bertz CT molecular complexity index is 150. The molecule has 1 rings (SSSR count). The molecule has 1 heterocycles. The van der Waals surface area contributed by atoms with Crippen LogP contribution in [0.5, 0.6) is 0 Å². The highest BCUT2D eigenvalue weighted by Gasteiger charge is 2.41. The lowest BCUT2D eigenvalue weighted by Crippen LogP contribution is -2.27. The fraction of sp³-hybridized carbons (Fsp3) is 0.833. The average Bonchev–Trinajstić information content (AvgIpc) is 2.11. The maximum Gasteiger partial charge on any atom is 0.533 e. The van der Waals surface area contributed by atoms with Crippen molar-refractivity contribution in [2.75, 3.05) is 6.61 Å². The van der Waals surface area contributed by atoms with Crippen LogP contribution in [-0.4, -0.2) is 19.7 Å². The lowest BCUT2D eigenvalue weighted by atomic mass is 9.61. The van der Waals surface area contributed by atoms with Gasteiger partial charge in [0, 0.05) is 5.31 Å². The molecule has 0 aromatic carbocycles. The van der Waals surface area contributed by atoms with Gasteiger partial charge in [0.25, 0.3) is 0 Å². The second-order valence-corrected chi connectivity index (χ2v) is 3.50. The van der Waals surface area contributed by atoms with Gasteiger partial charge >= 0.3 is 13.1 Å². The van der Waals surface area contributed by atoms with Gasteiger partial charge in [0.1, 0.15) is 6.61 Å². The zero-order chi connectivity index (χ0) is 7.78. The van der Waals surface area contributed by atoms with E-state index in [-0.39, 0.29) is 25.0 Å². The van der Waals surface area contributed by atoms with Crippen molar-refractivity contribution in [2.24, 2.45) is 0 Å². The third kappa shape index (κ3) is 1.50. The summed E-state index contributed by atoms with van der Waals surface area (Å²) in [4.78, 5) is 10.6. The van der Waals surface area contributed by atoms with E-state index in [0.717, 1.165) is 0 Å². The molecule has 0 aromatic rings. The molecular formula is C6H11BO3. The van der Waals surface area contributed by atoms with Crippen LogP contribution < -0.4 is 0 Å². The molecule has 10 heavy (non-hydrogen) atoms. The van der Waals surface area contributed by atoms with Crippen molar-refractivity contribution in [1.29, 1.82) is 0 Å². The summed E-state index contributed by atoms with van der Waals surface area (Å²) < 4.78 is 9.92. The molecule has 1 aliphatic rings. The monoisotopic (exact) mass is 142 g/mol. The maximum atomic E-state index is 10.6. The Hall–Kier alpha value is -0.505. The maximum absolute atomic E-state index is 10.6. The van der Waals surface area contributed by atoms with Gasteiger partial charge in [-0.1, -0.05) is 20.8 Å². The minimum absolute atomic E-state index is 0.0991. The highest BCUT2D eigenvalue weighted by Crippen LogP contribution is 2.30. The Labute approximate surface area is 60.8 Å². The molecular weight excluding hydrogens is 131 g/mol.